The number of benzene rings is 1. The number of hydrogen-bond acceptors (Lipinski definition) is 6. The van der Waals surface area contributed by atoms with Crippen LogP contribution in [0.25, 0.3) is 5.78 Å². The second-order valence-corrected chi connectivity index (χ2v) is 5.74. The van der Waals surface area contributed by atoms with Crippen LogP contribution in [0, 0.1) is 0 Å². The Labute approximate surface area is 153 Å². The average Bonchev–Trinajstić information content (AvgIpc) is 3.10. The van der Waals surface area contributed by atoms with Crippen molar-refractivity contribution in [3.05, 3.63) is 41.9 Å². The lowest BCUT2D eigenvalue weighted by atomic mass is 10.2. The predicted octanol–water partition coefficient (Wildman–Crippen LogP) is 3.19. The number of ether oxygens (including phenoxy) is 2. The molecule has 0 unspecified atom stereocenters. The van der Waals surface area contributed by atoms with Crippen molar-refractivity contribution in [3.8, 4) is 11.5 Å². The van der Waals surface area contributed by atoms with Crippen LogP contribution in [0.3, 0.4) is 0 Å². The van der Waals surface area contributed by atoms with Gasteiger partial charge in [-0.05, 0) is 24.6 Å². The second-order valence-electron chi connectivity index (χ2n) is 5.74. The molecule has 0 amide bonds. The molecule has 0 fully saturated rings. The van der Waals surface area contributed by atoms with E-state index in [1.165, 1.54) is 18.0 Å². The molecular formula is C17H18F3N5O2. The minimum absolute atomic E-state index is 0.115. The summed E-state index contributed by atoms with van der Waals surface area (Å²) in [6.45, 7) is 2.68. The summed E-state index contributed by atoms with van der Waals surface area (Å²) in [4.78, 5) is 8.93. The molecule has 27 heavy (non-hydrogen) atoms. The van der Waals surface area contributed by atoms with Gasteiger partial charge in [-0.1, -0.05) is 6.07 Å². The van der Waals surface area contributed by atoms with E-state index in [1.54, 1.807) is 24.1 Å². The Morgan fingerprint density at radius 2 is 1.96 bits per heavy atom. The van der Waals surface area contributed by atoms with Crippen LogP contribution in [0.2, 0.25) is 0 Å². The minimum Gasteiger partial charge on any atom is -0.493 e. The second kappa shape index (κ2) is 7.29. The van der Waals surface area contributed by atoms with Gasteiger partial charge in [0.25, 0.3) is 5.78 Å². The topological polar surface area (TPSA) is 64.8 Å². The third kappa shape index (κ3) is 3.88. The average molecular weight is 381 g/mol. The molecule has 0 aliphatic rings. The molecule has 10 heteroatoms. The standard InChI is InChI=1S/C17H18F3N5O2/c1-4-27-12-6-5-11(7-13(12)26-3)9-24(2)15-8-14(17(18,19)20)23-16-21-10-22-25(15)16/h5-8,10H,4,9H2,1-3H3. The number of anilines is 1. The van der Waals surface area contributed by atoms with E-state index in [2.05, 4.69) is 15.1 Å². The Kier molecular flexibility index (Phi) is 5.06. The quantitative estimate of drug-likeness (QED) is 0.654. The van der Waals surface area contributed by atoms with Gasteiger partial charge in [-0.25, -0.2) is 4.98 Å². The van der Waals surface area contributed by atoms with Gasteiger partial charge in [-0.3, -0.25) is 0 Å². The van der Waals surface area contributed by atoms with Gasteiger partial charge >= 0.3 is 6.18 Å². The van der Waals surface area contributed by atoms with E-state index in [1.807, 2.05) is 13.0 Å². The third-order valence-electron chi connectivity index (χ3n) is 3.86. The molecular weight excluding hydrogens is 363 g/mol. The molecule has 3 rings (SSSR count). The first-order valence-corrected chi connectivity index (χ1v) is 8.12. The Hall–Kier alpha value is -3.04. The molecule has 7 nitrogen and oxygen atoms in total. The molecule has 0 N–H and O–H groups in total. The zero-order chi connectivity index (χ0) is 19.6. The maximum Gasteiger partial charge on any atom is 0.433 e. The molecule has 0 radical (unpaired) electrons. The zero-order valence-corrected chi connectivity index (χ0v) is 15.0. The number of nitrogens with zero attached hydrogens (tertiary/aromatic N) is 5. The maximum atomic E-state index is 13.1. The van der Waals surface area contributed by atoms with Crippen LogP contribution < -0.4 is 14.4 Å². The Morgan fingerprint density at radius 3 is 2.63 bits per heavy atom. The Bertz CT molecular complexity index is 942. The van der Waals surface area contributed by atoms with Gasteiger partial charge in [0.2, 0.25) is 0 Å². The van der Waals surface area contributed by atoms with Crippen molar-refractivity contribution in [1.82, 2.24) is 19.6 Å². The molecule has 0 aliphatic carbocycles. The summed E-state index contributed by atoms with van der Waals surface area (Å²) in [5, 5.41) is 3.97. The summed E-state index contributed by atoms with van der Waals surface area (Å²) in [7, 11) is 3.20. The van der Waals surface area contributed by atoms with Crippen molar-refractivity contribution in [2.45, 2.75) is 19.6 Å². The van der Waals surface area contributed by atoms with Gasteiger partial charge < -0.3 is 14.4 Å². The number of halogens is 3. The van der Waals surface area contributed by atoms with Crippen LogP contribution in [0.1, 0.15) is 18.2 Å². The van der Waals surface area contributed by atoms with E-state index in [4.69, 9.17) is 9.47 Å². The van der Waals surface area contributed by atoms with E-state index in [9.17, 15) is 13.2 Å². The van der Waals surface area contributed by atoms with Crippen LogP contribution in [-0.4, -0.2) is 40.3 Å². The molecule has 0 saturated heterocycles. The van der Waals surface area contributed by atoms with Crippen LogP contribution >= 0.6 is 0 Å². The molecule has 2 aromatic heterocycles. The molecule has 144 valence electrons. The van der Waals surface area contributed by atoms with Crippen molar-refractivity contribution in [3.63, 3.8) is 0 Å². The molecule has 2 heterocycles. The van der Waals surface area contributed by atoms with E-state index < -0.39 is 11.9 Å². The van der Waals surface area contributed by atoms with E-state index in [0.29, 0.717) is 24.7 Å². The minimum atomic E-state index is -4.58. The number of rotatable bonds is 6. The predicted molar refractivity (Wildman–Crippen MR) is 92.1 cm³/mol. The highest BCUT2D eigenvalue weighted by molar-refractivity contribution is 5.49. The molecule has 1 aromatic carbocycles. The molecule has 0 bridgehead atoms. The van der Waals surface area contributed by atoms with Gasteiger partial charge in [-0.15, -0.1) is 0 Å². The summed E-state index contributed by atoms with van der Waals surface area (Å²) >= 11 is 0. The van der Waals surface area contributed by atoms with Crippen molar-refractivity contribution >= 4 is 11.6 Å². The van der Waals surface area contributed by atoms with Crippen LogP contribution in [-0.2, 0) is 12.7 Å². The summed E-state index contributed by atoms with van der Waals surface area (Å²) in [5.74, 6) is 1.27. The molecule has 0 spiro atoms. The summed E-state index contributed by atoms with van der Waals surface area (Å²) in [6, 6.07) is 6.33. The molecule has 0 aliphatic heterocycles. The Balaban J connectivity index is 1.94. The molecule has 0 atom stereocenters. The zero-order valence-electron chi connectivity index (χ0n) is 15.0. The number of aromatic nitrogens is 4. The molecule has 0 saturated carbocycles. The first kappa shape index (κ1) is 18.7. The number of alkyl halides is 3. The van der Waals surface area contributed by atoms with Crippen LogP contribution in [0.4, 0.5) is 19.0 Å². The van der Waals surface area contributed by atoms with Crippen molar-refractivity contribution in [2.24, 2.45) is 0 Å². The van der Waals surface area contributed by atoms with Crippen molar-refractivity contribution < 1.29 is 22.6 Å². The highest BCUT2D eigenvalue weighted by Crippen LogP contribution is 2.32. The highest BCUT2D eigenvalue weighted by Gasteiger charge is 2.34. The fourth-order valence-electron chi connectivity index (χ4n) is 2.65. The van der Waals surface area contributed by atoms with Gasteiger partial charge in [-0.2, -0.15) is 27.8 Å². The smallest absolute Gasteiger partial charge is 0.433 e. The van der Waals surface area contributed by atoms with Crippen molar-refractivity contribution in [2.75, 3.05) is 25.7 Å². The maximum absolute atomic E-state index is 13.1. The summed E-state index contributed by atoms with van der Waals surface area (Å²) in [5.41, 5.74) is -0.189. The summed E-state index contributed by atoms with van der Waals surface area (Å²) in [6.07, 6.45) is -3.41. The number of methoxy groups -OCH3 is 1. The van der Waals surface area contributed by atoms with Gasteiger partial charge in [0.15, 0.2) is 17.2 Å². The van der Waals surface area contributed by atoms with E-state index in [0.717, 1.165) is 11.6 Å². The third-order valence-corrected chi connectivity index (χ3v) is 3.86. The molecule has 3 aromatic rings. The van der Waals surface area contributed by atoms with Gasteiger partial charge in [0.1, 0.15) is 12.1 Å². The van der Waals surface area contributed by atoms with E-state index in [-0.39, 0.29) is 11.6 Å². The fraction of sp³-hybridized carbons (Fsp3) is 0.353. The Morgan fingerprint density at radius 1 is 1.19 bits per heavy atom. The largest absolute Gasteiger partial charge is 0.493 e. The van der Waals surface area contributed by atoms with E-state index >= 15 is 0 Å². The van der Waals surface area contributed by atoms with Gasteiger partial charge in [0.05, 0.1) is 13.7 Å². The van der Waals surface area contributed by atoms with Crippen LogP contribution in [0.5, 0.6) is 11.5 Å². The van der Waals surface area contributed by atoms with Gasteiger partial charge in [0, 0.05) is 19.7 Å². The highest BCUT2D eigenvalue weighted by atomic mass is 19.4. The monoisotopic (exact) mass is 381 g/mol. The SMILES string of the molecule is CCOc1ccc(CN(C)c2cc(C(F)(F)F)nc3ncnn23)cc1OC. The lowest BCUT2D eigenvalue weighted by Gasteiger charge is -2.21. The van der Waals surface area contributed by atoms with Crippen molar-refractivity contribution in [1.29, 1.82) is 0 Å². The normalized spacial score (nSPS) is 11.6. The summed E-state index contributed by atoms with van der Waals surface area (Å²) < 4.78 is 51.5. The first-order valence-electron chi connectivity index (χ1n) is 8.12. The van der Waals surface area contributed by atoms with Crippen LogP contribution in [0.15, 0.2) is 30.6 Å². The fourth-order valence-corrected chi connectivity index (χ4v) is 2.65. The lowest BCUT2D eigenvalue weighted by molar-refractivity contribution is -0.141. The lowest BCUT2D eigenvalue weighted by Crippen LogP contribution is -2.22. The number of hydrogen-bond donors (Lipinski definition) is 0. The first-order chi connectivity index (χ1) is 12.8. The number of fused-ring (bicyclic) bond motifs is 1.